The first-order valence-corrected chi connectivity index (χ1v) is 6.26. The van der Waals surface area contributed by atoms with Gasteiger partial charge in [0.2, 0.25) is 5.91 Å². The Bertz CT molecular complexity index is 733. The number of anilines is 1. The first-order chi connectivity index (χ1) is 9.69. The molecule has 2 aromatic carbocycles. The summed E-state index contributed by atoms with van der Waals surface area (Å²) in [6.45, 7) is 0.150. The molecule has 1 aliphatic heterocycles. The number of halogens is 1. The molecule has 3 nitrogen and oxygen atoms in total. The van der Waals surface area contributed by atoms with Crippen LogP contribution in [0.1, 0.15) is 16.7 Å². The molecule has 0 saturated carbocycles. The van der Waals surface area contributed by atoms with Crippen LogP contribution in [-0.2, 0) is 17.8 Å². The summed E-state index contributed by atoms with van der Waals surface area (Å²) < 4.78 is 13.8. The zero-order chi connectivity index (χ0) is 14.1. The maximum atomic E-state index is 13.8. The van der Waals surface area contributed by atoms with Gasteiger partial charge in [-0.2, -0.15) is 5.26 Å². The highest BCUT2D eigenvalue weighted by Crippen LogP contribution is 2.30. The minimum absolute atomic E-state index is 0.0482. The molecular formula is C16H11FN2O. The van der Waals surface area contributed by atoms with Crippen LogP contribution in [0.3, 0.4) is 0 Å². The van der Waals surface area contributed by atoms with Gasteiger partial charge in [-0.1, -0.05) is 18.2 Å². The molecule has 0 unspecified atom stereocenters. The largest absolute Gasteiger partial charge is 0.307 e. The Morgan fingerprint density at radius 2 is 2.05 bits per heavy atom. The Morgan fingerprint density at radius 3 is 2.85 bits per heavy atom. The van der Waals surface area contributed by atoms with Gasteiger partial charge in [0.25, 0.3) is 0 Å². The van der Waals surface area contributed by atoms with Crippen molar-refractivity contribution in [1.29, 1.82) is 5.26 Å². The number of rotatable bonds is 2. The van der Waals surface area contributed by atoms with Crippen LogP contribution in [0.25, 0.3) is 0 Å². The van der Waals surface area contributed by atoms with Gasteiger partial charge in [0.05, 0.1) is 24.6 Å². The van der Waals surface area contributed by atoms with Crippen molar-refractivity contribution in [3.05, 3.63) is 65.0 Å². The topological polar surface area (TPSA) is 44.1 Å². The SMILES string of the molecule is N#Cc1ccc(F)c(CN2C(=O)Cc3ccccc32)c1. The van der Waals surface area contributed by atoms with Gasteiger partial charge in [0.15, 0.2) is 0 Å². The number of amides is 1. The molecule has 0 saturated heterocycles. The number of carbonyl (C=O) groups is 1. The molecule has 98 valence electrons. The van der Waals surface area contributed by atoms with E-state index in [1.54, 1.807) is 4.90 Å². The van der Waals surface area contributed by atoms with Gasteiger partial charge in [-0.15, -0.1) is 0 Å². The third kappa shape index (κ3) is 2.04. The number of carbonyl (C=O) groups excluding carboxylic acids is 1. The van der Waals surface area contributed by atoms with Crippen molar-refractivity contribution in [2.45, 2.75) is 13.0 Å². The molecule has 0 spiro atoms. The van der Waals surface area contributed by atoms with E-state index in [0.717, 1.165) is 11.3 Å². The molecule has 0 bridgehead atoms. The molecule has 1 heterocycles. The summed E-state index contributed by atoms with van der Waals surface area (Å²) in [7, 11) is 0. The van der Waals surface area contributed by atoms with Crippen LogP contribution in [0.4, 0.5) is 10.1 Å². The number of nitrogens with zero attached hydrogens (tertiary/aromatic N) is 2. The predicted octanol–water partition coefficient (Wildman–Crippen LogP) is 2.79. The zero-order valence-corrected chi connectivity index (χ0v) is 10.6. The highest BCUT2D eigenvalue weighted by molar-refractivity contribution is 6.01. The molecule has 0 radical (unpaired) electrons. The van der Waals surface area contributed by atoms with Crippen molar-refractivity contribution in [3.8, 4) is 6.07 Å². The lowest BCUT2D eigenvalue weighted by atomic mass is 10.1. The fourth-order valence-corrected chi connectivity index (χ4v) is 2.43. The normalized spacial score (nSPS) is 13.2. The Hall–Kier alpha value is -2.67. The van der Waals surface area contributed by atoms with Crippen molar-refractivity contribution in [2.24, 2.45) is 0 Å². The predicted molar refractivity (Wildman–Crippen MR) is 72.5 cm³/mol. The second-order valence-electron chi connectivity index (χ2n) is 4.70. The van der Waals surface area contributed by atoms with Crippen molar-refractivity contribution >= 4 is 11.6 Å². The number of fused-ring (bicyclic) bond motifs is 1. The maximum Gasteiger partial charge on any atom is 0.231 e. The molecule has 0 aliphatic carbocycles. The second-order valence-corrected chi connectivity index (χ2v) is 4.70. The summed E-state index contributed by atoms with van der Waals surface area (Å²) in [6.07, 6.45) is 0.343. The van der Waals surface area contributed by atoms with Crippen LogP contribution in [0, 0.1) is 17.1 Å². The second kappa shape index (κ2) is 4.78. The number of benzene rings is 2. The molecule has 0 N–H and O–H groups in total. The van der Waals surface area contributed by atoms with E-state index in [-0.39, 0.29) is 12.5 Å². The van der Waals surface area contributed by atoms with Crippen LogP contribution >= 0.6 is 0 Å². The third-order valence-corrected chi connectivity index (χ3v) is 3.43. The Labute approximate surface area is 115 Å². The smallest absolute Gasteiger partial charge is 0.231 e. The summed E-state index contributed by atoms with van der Waals surface area (Å²) in [5, 5.41) is 8.87. The Balaban J connectivity index is 1.96. The zero-order valence-electron chi connectivity index (χ0n) is 10.6. The van der Waals surface area contributed by atoms with E-state index >= 15 is 0 Å². The number of hydrogen-bond donors (Lipinski definition) is 0. The molecule has 20 heavy (non-hydrogen) atoms. The molecule has 1 aliphatic rings. The quantitative estimate of drug-likeness (QED) is 0.839. The lowest BCUT2D eigenvalue weighted by molar-refractivity contribution is -0.117. The van der Waals surface area contributed by atoms with Crippen LogP contribution in [0.15, 0.2) is 42.5 Å². The van der Waals surface area contributed by atoms with Gasteiger partial charge in [-0.3, -0.25) is 4.79 Å². The fraction of sp³-hybridized carbons (Fsp3) is 0.125. The van der Waals surface area contributed by atoms with Gasteiger partial charge in [0, 0.05) is 11.3 Å². The molecule has 0 atom stereocenters. The van der Waals surface area contributed by atoms with E-state index in [4.69, 9.17) is 5.26 Å². The van der Waals surface area contributed by atoms with Gasteiger partial charge in [0.1, 0.15) is 5.82 Å². The van der Waals surface area contributed by atoms with Gasteiger partial charge in [-0.05, 0) is 29.8 Å². The molecular weight excluding hydrogens is 255 g/mol. The number of hydrogen-bond acceptors (Lipinski definition) is 2. The van der Waals surface area contributed by atoms with E-state index in [0.29, 0.717) is 17.5 Å². The van der Waals surface area contributed by atoms with Gasteiger partial charge < -0.3 is 4.90 Å². The summed E-state index contributed by atoms with van der Waals surface area (Å²) in [5.41, 5.74) is 2.52. The van der Waals surface area contributed by atoms with E-state index < -0.39 is 5.82 Å². The molecule has 1 amide bonds. The molecule has 4 heteroatoms. The molecule has 3 rings (SSSR count). The van der Waals surface area contributed by atoms with Crippen LogP contribution < -0.4 is 4.90 Å². The average molecular weight is 266 g/mol. The minimum atomic E-state index is -0.402. The van der Waals surface area contributed by atoms with E-state index in [1.165, 1.54) is 18.2 Å². The van der Waals surface area contributed by atoms with Gasteiger partial charge in [-0.25, -0.2) is 4.39 Å². The van der Waals surface area contributed by atoms with Crippen LogP contribution in [0.5, 0.6) is 0 Å². The lowest BCUT2D eigenvalue weighted by Crippen LogP contribution is -2.26. The van der Waals surface area contributed by atoms with Crippen LogP contribution in [0.2, 0.25) is 0 Å². The molecule has 2 aromatic rings. The summed E-state index contributed by atoms with van der Waals surface area (Å²) in [5.74, 6) is -0.450. The van der Waals surface area contributed by atoms with Crippen molar-refractivity contribution in [3.63, 3.8) is 0 Å². The van der Waals surface area contributed by atoms with Gasteiger partial charge >= 0.3 is 0 Å². The molecule has 0 fully saturated rings. The van der Waals surface area contributed by atoms with E-state index in [9.17, 15) is 9.18 Å². The first kappa shape index (κ1) is 12.4. The Kier molecular flexibility index (Phi) is 2.96. The van der Waals surface area contributed by atoms with Crippen molar-refractivity contribution in [2.75, 3.05) is 4.90 Å². The first-order valence-electron chi connectivity index (χ1n) is 6.26. The number of para-hydroxylation sites is 1. The average Bonchev–Trinajstić information content (AvgIpc) is 2.77. The highest BCUT2D eigenvalue weighted by atomic mass is 19.1. The fourth-order valence-electron chi connectivity index (χ4n) is 2.43. The summed E-state index contributed by atoms with van der Waals surface area (Å²) in [6, 6.07) is 13.6. The minimum Gasteiger partial charge on any atom is -0.307 e. The van der Waals surface area contributed by atoms with Crippen molar-refractivity contribution < 1.29 is 9.18 Å². The summed E-state index contributed by atoms with van der Waals surface area (Å²) >= 11 is 0. The number of nitriles is 1. The highest BCUT2D eigenvalue weighted by Gasteiger charge is 2.27. The lowest BCUT2D eigenvalue weighted by Gasteiger charge is -2.18. The maximum absolute atomic E-state index is 13.8. The third-order valence-electron chi connectivity index (χ3n) is 3.43. The monoisotopic (exact) mass is 266 g/mol. The molecule has 0 aromatic heterocycles. The van der Waals surface area contributed by atoms with Crippen molar-refractivity contribution in [1.82, 2.24) is 0 Å². The Morgan fingerprint density at radius 1 is 1.25 bits per heavy atom. The summed E-state index contributed by atoms with van der Waals surface area (Å²) in [4.78, 5) is 13.6. The van der Waals surface area contributed by atoms with E-state index in [2.05, 4.69) is 0 Å². The van der Waals surface area contributed by atoms with Crippen LogP contribution in [-0.4, -0.2) is 5.91 Å². The standard InChI is InChI=1S/C16H11FN2O/c17-14-6-5-11(9-18)7-13(14)10-19-15-4-2-1-3-12(15)8-16(19)20/h1-7H,8,10H2. The van der Waals surface area contributed by atoms with E-state index in [1.807, 2.05) is 30.3 Å².